The molecule has 1 aromatic carbocycles. The number of rotatable bonds is 6. The fourth-order valence-electron chi connectivity index (χ4n) is 3.62. The van der Waals surface area contributed by atoms with Crippen molar-refractivity contribution in [3.8, 4) is 5.82 Å². The number of nitrogens with zero attached hydrogens (tertiary/aromatic N) is 5. The van der Waals surface area contributed by atoms with Gasteiger partial charge in [0.15, 0.2) is 5.82 Å². The van der Waals surface area contributed by atoms with E-state index >= 15 is 0 Å². The van der Waals surface area contributed by atoms with E-state index in [1.165, 1.54) is 0 Å². The Morgan fingerprint density at radius 1 is 0.906 bits per heavy atom. The summed E-state index contributed by atoms with van der Waals surface area (Å²) in [6.07, 6.45) is 1.75. The number of aryl methyl sites for hydroxylation is 4. The third-order valence-electron chi connectivity index (χ3n) is 5.11. The van der Waals surface area contributed by atoms with Gasteiger partial charge in [0.25, 0.3) is 0 Å². The van der Waals surface area contributed by atoms with Gasteiger partial charge in [0, 0.05) is 29.8 Å². The lowest BCUT2D eigenvalue weighted by molar-refractivity contribution is 0.251. The van der Waals surface area contributed by atoms with Crippen LogP contribution in [0.15, 0.2) is 54.7 Å². The lowest BCUT2D eigenvalue weighted by atomic mass is 10.2. The minimum atomic E-state index is -0.268. The minimum absolute atomic E-state index is 0.268. The molecule has 0 aliphatic carbocycles. The van der Waals surface area contributed by atoms with Gasteiger partial charge in [-0.1, -0.05) is 18.2 Å². The maximum absolute atomic E-state index is 12.4. The number of urea groups is 1. The lowest BCUT2D eigenvalue weighted by Crippen LogP contribution is -2.28. The van der Waals surface area contributed by atoms with Crippen LogP contribution < -0.4 is 10.6 Å². The van der Waals surface area contributed by atoms with E-state index in [9.17, 15) is 4.79 Å². The van der Waals surface area contributed by atoms with Gasteiger partial charge in [0.05, 0.1) is 17.9 Å². The fourth-order valence-corrected chi connectivity index (χ4v) is 3.62. The molecule has 4 aromatic rings. The number of aromatic nitrogens is 5. The van der Waals surface area contributed by atoms with Gasteiger partial charge in [0.2, 0.25) is 0 Å². The maximum Gasteiger partial charge on any atom is 0.319 e. The normalized spacial score (nSPS) is 10.9. The van der Waals surface area contributed by atoms with Gasteiger partial charge in [-0.2, -0.15) is 10.2 Å². The average Bonchev–Trinajstić information content (AvgIpc) is 3.26. The summed E-state index contributed by atoms with van der Waals surface area (Å²) in [5.41, 5.74) is 6.79. The molecule has 0 radical (unpaired) electrons. The third kappa shape index (κ3) is 5.03. The van der Waals surface area contributed by atoms with Crippen LogP contribution in [0.1, 0.15) is 33.9 Å². The van der Waals surface area contributed by atoms with Crippen molar-refractivity contribution in [2.24, 2.45) is 0 Å². The quantitative estimate of drug-likeness (QED) is 0.484. The third-order valence-corrected chi connectivity index (χ3v) is 5.11. The summed E-state index contributed by atoms with van der Waals surface area (Å²) in [6, 6.07) is 15.4. The van der Waals surface area contributed by atoms with Gasteiger partial charge in [-0.25, -0.2) is 14.5 Å². The smallest absolute Gasteiger partial charge is 0.319 e. The van der Waals surface area contributed by atoms with Crippen molar-refractivity contribution < 1.29 is 4.79 Å². The molecule has 32 heavy (non-hydrogen) atoms. The Labute approximate surface area is 187 Å². The summed E-state index contributed by atoms with van der Waals surface area (Å²) in [5, 5.41) is 14.7. The van der Waals surface area contributed by atoms with E-state index in [1.54, 1.807) is 10.9 Å². The first-order valence-corrected chi connectivity index (χ1v) is 10.5. The number of nitrogens with one attached hydrogen (secondary N) is 2. The summed E-state index contributed by atoms with van der Waals surface area (Å²) in [7, 11) is 0. The predicted molar refractivity (Wildman–Crippen MR) is 124 cm³/mol. The van der Waals surface area contributed by atoms with E-state index in [0.29, 0.717) is 13.1 Å². The van der Waals surface area contributed by atoms with Crippen LogP contribution in [0.2, 0.25) is 0 Å². The number of benzene rings is 1. The zero-order valence-electron chi connectivity index (χ0n) is 18.8. The molecule has 0 bridgehead atoms. The Hall–Kier alpha value is -3.94. The molecule has 3 heterocycles. The fraction of sp³-hybridized carbons (Fsp3) is 0.250. The number of pyridine rings is 1. The van der Waals surface area contributed by atoms with E-state index in [0.717, 1.165) is 45.4 Å². The van der Waals surface area contributed by atoms with E-state index < -0.39 is 0 Å². The first kappa shape index (κ1) is 21.3. The molecular weight excluding hydrogens is 402 g/mol. The average molecular weight is 430 g/mol. The topological polar surface area (TPSA) is 89.7 Å². The van der Waals surface area contributed by atoms with Gasteiger partial charge < -0.3 is 10.6 Å². The summed E-state index contributed by atoms with van der Waals surface area (Å²) in [4.78, 5) is 16.8. The first-order chi connectivity index (χ1) is 15.4. The van der Waals surface area contributed by atoms with Crippen molar-refractivity contribution >= 4 is 11.7 Å². The van der Waals surface area contributed by atoms with Crippen LogP contribution in [0.25, 0.3) is 5.82 Å². The predicted octanol–water partition coefficient (Wildman–Crippen LogP) is 4.07. The Kier molecular flexibility index (Phi) is 6.02. The zero-order valence-corrected chi connectivity index (χ0v) is 18.8. The monoisotopic (exact) mass is 429 g/mol. The van der Waals surface area contributed by atoms with E-state index in [2.05, 4.69) is 25.8 Å². The minimum Gasteiger partial charge on any atom is -0.334 e. The summed E-state index contributed by atoms with van der Waals surface area (Å²) < 4.78 is 3.76. The van der Waals surface area contributed by atoms with Gasteiger partial charge >= 0.3 is 6.03 Å². The number of hydrogen-bond acceptors (Lipinski definition) is 4. The van der Waals surface area contributed by atoms with Gasteiger partial charge in [-0.3, -0.25) is 4.68 Å². The van der Waals surface area contributed by atoms with Crippen LogP contribution in [0.5, 0.6) is 0 Å². The molecule has 0 unspecified atom stereocenters. The summed E-state index contributed by atoms with van der Waals surface area (Å²) >= 11 is 0. The number of anilines is 1. The molecule has 164 valence electrons. The molecular formula is C24H27N7O. The number of hydrogen-bond donors (Lipinski definition) is 2. The summed E-state index contributed by atoms with van der Waals surface area (Å²) in [6.45, 7) is 9.00. The van der Waals surface area contributed by atoms with E-state index in [1.807, 2.05) is 80.9 Å². The van der Waals surface area contributed by atoms with Crippen molar-refractivity contribution in [3.05, 3.63) is 88.6 Å². The Balaban J connectivity index is 1.33. The molecule has 8 heteroatoms. The maximum atomic E-state index is 12.4. The van der Waals surface area contributed by atoms with Crippen LogP contribution in [-0.4, -0.2) is 30.6 Å². The molecule has 0 spiro atoms. The van der Waals surface area contributed by atoms with Crippen LogP contribution in [0.4, 0.5) is 10.5 Å². The standard InChI is InChI=1S/C24H27N7O/c1-16-10-18(3)30(28-16)15-20-6-5-7-22(12-20)27-24(32)26-14-21-8-9-23(25-13-21)31-19(4)11-17(2)29-31/h5-13H,14-15H2,1-4H3,(H2,26,27,32). The van der Waals surface area contributed by atoms with E-state index in [-0.39, 0.29) is 6.03 Å². The van der Waals surface area contributed by atoms with Gasteiger partial charge in [-0.15, -0.1) is 0 Å². The van der Waals surface area contributed by atoms with Gasteiger partial charge in [0.1, 0.15) is 0 Å². The second-order valence-electron chi connectivity index (χ2n) is 7.96. The molecule has 4 rings (SSSR count). The van der Waals surface area contributed by atoms with Gasteiger partial charge in [-0.05, 0) is 69.2 Å². The summed E-state index contributed by atoms with van der Waals surface area (Å²) in [5.74, 6) is 0.753. The number of amides is 2. The number of carbonyl (C=O) groups excluding carboxylic acids is 1. The second-order valence-corrected chi connectivity index (χ2v) is 7.96. The van der Waals surface area contributed by atoms with Crippen LogP contribution in [-0.2, 0) is 13.1 Å². The SMILES string of the molecule is Cc1cc(C)n(Cc2cccc(NC(=O)NCc3ccc(-n4nc(C)cc4C)nc3)c2)n1. The number of carbonyl (C=O) groups is 1. The molecule has 2 N–H and O–H groups in total. The molecule has 0 atom stereocenters. The van der Waals surface area contributed by atoms with Crippen LogP contribution in [0.3, 0.4) is 0 Å². The Morgan fingerprint density at radius 2 is 1.69 bits per heavy atom. The molecule has 0 aliphatic heterocycles. The van der Waals surface area contributed by atoms with Crippen LogP contribution >= 0.6 is 0 Å². The van der Waals surface area contributed by atoms with Crippen molar-refractivity contribution in [3.63, 3.8) is 0 Å². The zero-order chi connectivity index (χ0) is 22.7. The molecule has 8 nitrogen and oxygen atoms in total. The molecule has 2 amide bonds. The molecule has 0 aliphatic rings. The van der Waals surface area contributed by atoms with Crippen molar-refractivity contribution in [2.45, 2.75) is 40.8 Å². The highest BCUT2D eigenvalue weighted by molar-refractivity contribution is 5.89. The van der Waals surface area contributed by atoms with Crippen molar-refractivity contribution in [1.82, 2.24) is 29.9 Å². The molecule has 0 saturated carbocycles. The second kappa shape index (κ2) is 9.05. The Bertz CT molecular complexity index is 1240. The van der Waals surface area contributed by atoms with Crippen molar-refractivity contribution in [1.29, 1.82) is 0 Å². The van der Waals surface area contributed by atoms with Crippen molar-refractivity contribution in [2.75, 3.05) is 5.32 Å². The van der Waals surface area contributed by atoms with E-state index in [4.69, 9.17) is 0 Å². The lowest BCUT2D eigenvalue weighted by Gasteiger charge is -2.10. The molecule has 3 aromatic heterocycles. The van der Waals surface area contributed by atoms with Crippen LogP contribution in [0, 0.1) is 27.7 Å². The first-order valence-electron chi connectivity index (χ1n) is 10.5. The highest BCUT2D eigenvalue weighted by Crippen LogP contribution is 2.14. The highest BCUT2D eigenvalue weighted by atomic mass is 16.2. The largest absolute Gasteiger partial charge is 0.334 e. The highest BCUT2D eigenvalue weighted by Gasteiger charge is 2.07. The Morgan fingerprint density at radius 3 is 2.34 bits per heavy atom. The molecule has 0 fully saturated rings. The molecule has 0 saturated heterocycles.